The molecule has 0 amide bonds. The first-order chi connectivity index (χ1) is 20.0. The molecule has 0 radical (unpaired) electrons. The van der Waals surface area contributed by atoms with Crippen molar-refractivity contribution in [2.24, 2.45) is 5.92 Å². The predicted octanol–water partition coefficient (Wildman–Crippen LogP) is 4.76. The summed E-state index contributed by atoms with van der Waals surface area (Å²) in [5.41, 5.74) is 8.67. The zero-order valence-corrected chi connectivity index (χ0v) is 23.2. The topological polar surface area (TPSA) is 60.7 Å². The van der Waals surface area contributed by atoms with E-state index in [1.165, 1.54) is 27.5 Å². The van der Waals surface area contributed by atoms with Gasteiger partial charge in [-0.15, -0.1) is 0 Å². The van der Waals surface area contributed by atoms with Gasteiger partial charge in [-0.1, -0.05) is 115 Å². The first-order valence-corrected chi connectivity index (χ1v) is 14.2. The molecule has 3 atom stereocenters. The van der Waals surface area contributed by atoms with Gasteiger partial charge in [-0.2, -0.15) is 0 Å². The largest absolute Gasteiger partial charge is 0.505 e. The lowest BCUT2D eigenvalue weighted by Gasteiger charge is -2.38. The van der Waals surface area contributed by atoms with Gasteiger partial charge in [-0.3, -0.25) is 0 Å². The Hall–Kier alpha value is -4.63. The molecule has 0 spiro atoms. The van der Waals surface area contributed by atoms with Crippen LogP contribution in [0.15, 0.2) is 115 Å². The molecular formula is C36H30B2O3. The number of phenolic OH excluding ortho intramolecular Hbond substituents is 3. The predicted molar refractivity (Wildman–Crippen MR) is 173 cm³/mol. The lowest BCUT2D eigenvalue weighted by molar-refractivity contribution is 0.369. The monoisotopic (exact) mass is 532 g/mol. The van der Waals surface area contributed by atoms with Gasteiger partial charge in [0, 0.05) is 23.3 Å². The van der Waals surface area contributed by atoms with Gasteiger partial charge >= 0.3 is 0 Å². The third kappa shape index (κ3) is 3.91. The Bertz CT molecular complexity index is 1860. The van der Waals surface area contributed by atoms with Crippen LogP contribution in [0, 0.1) is 5.92 Å². The maximum absolute atomic E-state index is 11.2. The minimum absolute atomic E-state index is 0.0247. The fraction of sp³-hybridized carbons (Fsp3) is 0.111. The van der Waals surface area contributed by atoms with Crippen molar-refractivity contribution < 1.29 is 15.3 Å². The zero-order valence-electron chi connectivity index (χ0n) is 23.2. The van der Waals surface area contributed by atoms with E-state index in [-0.39, 0.29) is 23.3 Å². The molecule has 0 saturated heterocycles. The summed E-state index contributed by atoms with van der Waals surface area (Å²) < 4.78 is 0. The number of fused-ring (bicyclic) bond motifs is 3. The van der Waals surface area contributed by atoms with Crippen molar-refractivity contribution in [2.75, 3.05) is 0 Å². The van der Waals surface area contributed by atoms with Gasteiger partial charge in [0.25, 0.3) is 0 Å². The lowest BCUT2D eigenvalue weighted by Crippen LogP contribution is -2.31. The van der Waals surface area contributed by atoms with Gasteiger partial charge in [-0.05, 0) is 56.1 Å². The van der Waals surface area contributed by atoms with Gasteiger partial charge in [-0.25, -0.2) is 0 Å². The lowest BCUT2D eigenvalue weighted by atomic mass is 9.64. The standard InChI is InChI=1S/C36H30B2O3/c37-32-31(34(39)36(41)35(40)33(32)38)30-27-14-6-4-12-25(27)29(26-13-5-7-15-28(26)30)24-16-8-11-22-19-21(17-18-23(22)24)20-9-2-1-3-10-20/h1-9,11-20,25,29,39-41H,10,37-38H2. The second-order valence-electron chi connectivity index (χ2n) is 11.3. The van der Waals surface area contributed by atoms with Crippen LogP contribution in [-0.2, 0) is 0 Å². The number of rotatable bonds is 3. The molecular weight excluding hydrogens is 502 g/mol. The highest BCUT2D eigenvalue weighted by molar-refractivity contribution is 6.51. The highest BCUT2D eigenvalue weighted by Crippen LogP contribution is 2.53. The molecule has 0 heterocycles. The van der Waals surface area contributed by atoms with Crippen LogP contribution in [0.4, 0.5) is 0 Å². The van der Waals surface area contributed by atoms with Crippen molar-refractivity contribution in [3.8, 4) is 17.2 Å². The maximum Gasteiger partial charge on any atom is 0.200 e. The number of allylic oxidation sites excluding steroid dienone is 9. The quantitative estimate of drug-likeness (QED) is 0.264. The van der Waals surface area contributed by atoms with Crippen LogP contribution < -0.4 is 10.9 Å². The Morgan fingerprint density at radius 2 is 1.51 bits per heavy atom. The van der Waals surface area contributed by atoms with Crippen molar-refractivity contribution in [3.05, 3.63) is 143 Å². The average Bonchev–Trinajstić information content (AvgIpc) is 3.02. The van der Waals surface area contributed by atoms with E-state index >= 15 is 0 Å². The number of phenols is 3. The number of aromatic hydroxyl groups is 3. The molecule has 3 N–H and O–H groups in total. The summed E-state index contributed by atoms with van der Waals surface area (Å²) >= 11 is 0. The molecule has 4 aromatic carbocycles. The molecule has 198 valence electrons. The van der Waals surface area contributed by atoms with E-state index < -0.39 is 5.75 Å². The Morgan fingerprint density at radius 3 is 2.34 bits per heavy atom. The van der Waals surface area contributed by atoms with Crippen molar-refractivity contribution >= 4 is 43.0 Å². The molecule has 41 heavy (non-hydrogen) atoms. The first kappa shape index (κ1) is 25.3. The van der Waals surface area contributed by atoms with E-state index in [0.29, 0.717) is 16.9 Å². The summed E-state index contributed by atoms with van der Waals surface area (Å²) in [7, 11) is 3.66. The van der Waals surface area contributed by atoms with Crippen LogP contribution in [-0.4, -0.2) is 31.0 Å². The molecule has 0 aromatic heterocycles. The summed E-state index contributed by atoms with van der Waals surface area (Å²) in [5, 5.41) is 34.8. The van der Waals surface area contributed by atoms with E-state index in [1.54, 1.807) is 7.85 Å². The fourth-order valence-electron chi connectivity index (χ4n) is 7.00. The van der Waals surface area contributed by atoms with E-state index in [9.17, 15) is 15.3 Å². The maximum atomic E-state index is 11.2. The number of hydrogen-bond acceptors (Lipinski definition) is 3. The minimum Gasteiger partial charge on any atom is -0.505 e. The summed E-state index contributed by atoms with van der Waals surface area (Å²) in [6, 6.07) is 21.9. The van der Waals surface area contributed by atoms with Crippen LogP contribution in [0.2, 0.25) is 0 Å². The van der Waals surface area contributed by atoms with Crippen LogP contribution in [0.3, 0.4) is 0 Å². The summed E-state index contributed by atoms with van der Waals surface area (Å²) in [6.07, 6.45) is 18.3. The van der Waals surface area contributed by atoms with Crippen molar-refractivity contribution in [2.45, 2.75) is 18.3 Å². The average molecular weight is 532 g/mol. The fourth-order valence-corrected chi connectivity index (χ4v) is 7.00. The van der Waals surface area contributed by atoms with Gasteiger partial charge in [0.15, 0.2) is 17.2 Å². The summed E-state index contributed by atoms with van der Waals surface area (Å²) in [6.45, 7) is 0. The highest BCUT2D eigenvalue weighted by atomic mass is 16.3. The van der Waals surface area contributed by atoms with E-state index in [4.69, 9.17) is 0 Å². The molecule has 0 saturated carbocycles. The summed E-state index contributed by atoms with van der Waals surface area (Å²) in [4.78, 5) is 0. The van der Waals surface area contributed by atoms with Gasteiger partial charge in [0.2, 0.25) is 0 Å². The third-order valence-electron chi connectivity index (χ3n) is 9.19. The zero-order chi connectivity index (χ0) is 28.2. The van der Waals surface area contributed by atoms with E-state index in [2.05, 4.69) is 97.1 Å². The van der Waals surface area contributed by atoms with Crippen LogP contribution in [0.1, 0.15) is 46.1 Å². The van der Waals surface area contributed by atoms with Gasteiger partial charge in [0.1, 0.15) is 15.7 Å². The van der Waals surface area contributed by atoms with Gasteiger partial charge in [0.05, 0.1) is 0 Å². The molecule has 3 aliphatic rings. The van der Waals surface area contributed by atoms with Gasteiger partial charge < -0.3 is 15.3 Å². The normalized spacial score (nSPS) is 20.8. The Morgan fingerprint density at radius 1 is 0.707 bits per heavy atom. The van der Waals surface area contributed by atoms with E-state index in [1.807, 2.05) is 20.0 Å². The summed E-state index contributed by atoms with van der Waals surface area (Å²) in [5.74, 6) is -0.554. The Labute approximate surface area is 242 Å². The third-order valence-corrected chi connectivity index (χ3v) is 9.19. The first-order valence-electron chi connectivity index (χ1n) is 14.2. The second kappa shape index (κ2) is 9.78. The molecule has 3 nitrogen and oxygen atoms in total. The van der Waals surface area contributed by atoms with E-state index in [0.717, 1.165) is 28.6 Å². The van der Waals surface area contributed by atoms with Crippen LogP contribution in [0.25, 0.3) is 16.3 Å². The Balaban J connectivity index is 1.46. The van der Waals surface area contributed by atoms with Crippen LogP contribution in [0.5, 0.6) is 17.2 Å². The Kier molecular flexibility index (Phi) is 6.04. The van der Waals surface area contributed by atoms with Crippen molar-refractivity contribution in [3.63, 3.8) is 0 Å². The second-order valence-corrected chi connectivity index (χ2v) is 11.3. The highest BCUT2D eigenvalue weighted by Gasteiger charge is 2.37. The molecule has 0 aliphatic heterocycles. The van der Waals surface area contributed by atoms with Crippen molar-refractivity contribution in [1.29, 1.82) is 0 Å². The molecule has 0 bridgehead atoms. The van der Waals surface area contributed by atoms with Crippen LogP contribution >= 0.6 is 0 Å². The molecule has 0 fully saturated rings. The van der Waals surface area contributed by atoms with Crippen molar-refractivity contribution in [1.82, 2.24) is 0 Å². The minimum atomic E-state index is -0.476. The number of benzene rings is 4. The number of hydrogen-bond donors (Lipinski definition) is 3. The molecule has 5 heteroatoms. The molecule has 7 rings (SSSR count). The smallest absolute Gasteiger partial charge is 0.200 e. The molecule has 4 aromatic rings. The molecule has 3 unspecified atom stereocenters. The SMILES string of the molecule is Bc1c(B)c(C2=C3C=CC=CC3C(c3cccc4cc(C5C=CC=CC5)ccc34)c3ccccc32)c(O)c(O)c1O. The molecule has 3 aliphatic carbocycles.